The van der Waals surface area contributed by atoms with Crippen molar-refractivity contribution < 1.29 is 9.59 Å². The second-order valence-corrected chi connectivity index (χ2v) is 6.63. The van der Waals surface area contributed by atoms with Gasteiger partial charge in [-0.2, -0.15) is 0 Å². The Morgan fingerprint density at radius 2 is 1.69 bits per heavy atom. The van der Waals surface area contributed by atoms with Gasteiger partial charge in [-0.1, -0.05) is 54.1 Å². The topological polar surface area (TPSA) is 49.4 Å². The Hall–Kier alpha value is -2.33. The van der Waals surface area contributed by atoms with Crippen LogP contribution in [0.5, 0.6) is 0 Å². The highest BCUT2D eigenvalue weighted by Gasteiger charge is 2.25. The molecule has 0 aliphatic rings. The number of hydrogen-bond acceptors (Lipinski definition) is 2. The molecule has 0 spiro atoms. The van der Waals surface area contributed by atoms with Gasteiger partial charge in [0.15, 0.2) is 0 Å². The number of likely N-dealkylation sites (N-methyl/N-ethyl adjacent to an activating group) is 1. The van der Waals surface area contributed by atoms with E-state index in [-0.39, 0.29) is 18.2 Å². The molecule has 0 bridgehead atoms. The molecular weight excluding hydrogens is 348 g/mol. The van der Waals surface area contributed by atoms with Crippen LogP contribution in [0.15, 0.2) is 54.6 Å². The summed E-state index contributed by atoms with van der Waals surface area (Å²) < 4.78 is 0. The molecule has 2 amide bonds. The van der Waals surface area contributed by atoms with Crippen molar-refractivity contribution in [3.05, 3.63) is 70.7 Å². The third kappa shape index (κ3) is 5.88. The van der Waals surface area contributed by atoms with Crippen molar-refractivity contribution >= 4 is 23.4 Å². The van der Waals surface area contributed by atoms with Crippen LogP contribution in [0.4, 0.5) is 0 Å². The summed E-state index contributed by atoms with van der Waals surface area (Å²) in [6.45, 7) is 4.68. The van der Waals surface area contributed by atoms with Crippen molar-refractivity contribution in [3.8, 4) is 0 Å². The number of halogens is 1. The standard InChI is InChI=1S/C21H25ClN2O2/c1-3-23-21(26)16(2)24(14-13-17-7-5-4-6-8-17)20(25)15-18-9-11-19(22)12-10-18/h4-12,16H,3,13-15H2,1-2H3,(H,23,26). The van der Waals surface area contributed by atoms with Gasteiger partial charge in [0.25, 0.3) is 0 Å². The average Bonchev–Trinajstić information content (AvgIpc) is 2.64. The molecule has 2 aromatic rings. The summed E-state index contributed by atoms with van der Waals surface area (Å²) in [5, 5.41) is 3.44. The van der Waals surface area contributed by atoms with E-state index in [4.69, 9.17) is 11.6 Å². The summed E-state index contributed by atoms with van der Waals surface area (Å²) in [6, 6.07) is 16.7. The summed E-state index contributed by atoms with van der Waals surface area (Å²) in [6.07, 6.45) is 0.951. The van der Waals surface area contributed by atoms with Crippen LogP contribution in [0.2, 0.25) is 5.02 Å². The van der Waals surface area contributed by atoms with Crippen LogP contribution in [-0.2, 0) is 22.4 Å². The second-order valence-electron chi connectivity index (χ2n) is 6.20. The third-order valence-electron chi connectivity index (χ3n) is 4.27. The number of amides is 2. The van der Waals surface area contributed by atoms with Crippen LogP contribution in [0.3, 0.4) is 0 Å². The Labute approximate surface area is 160 Å². The van der Waals surface area contributed by atoms with Gasteiger partial charge in [-0.25, -0.2) is 0 Å². The number of hydrogen-bond donors (Lipinski definition) is 1. The fraction of sp³-hybridized carbons (Fsp3) is 0.333. The fourth-order valence-electron chi connectivity index (χ4n) is 2.77. The highest BCUT2D eigenvalue weighted by Crippen LogP contribution is 2.13. The monoisotopic (exact) mass is 372 g/mol. The van der Waals surface area contributed by atoms with E-state index in [1.54, 1.807) is 24.0 Å². The van der Waals surface area contributed by atoms with Crippen LogP contribution in [0.25, 0.3) is 0 Å². The van der Waals surface area contributed by atoms with Crippen LogP contribution in [-0.4, -0.2) is 35.8 Å². The summed E-state index contributed by atoms with van der Waals surface area (Å²) in [5.74, 6) is -0.202. The predicted molar refractivity (Wildman–Crippen MR) is 105 cm³/mol. The predicted octanol–water partition coefficient (Wildman–Crippen LogP) is 3.48. The third-order valence-corrected chi connectivity index (χ3v) is 4.52. The van der Waals surface area contributed by atoms with Gasteiger partial charge in [0.05, 0.1) is 6.42 Å². The molecule has 2 aromatic carbocycles. The molecule has 1 unspecified atom stereocenters. The van der Waals surface area contributed by atoms with E-state index < -0.39 is 6.04 Å². The van der Waals surface area contributed by atoms with E-state index in [0.29, 0.717) is 24.5 Å². The zero-order valence-electron chi connectivity index (χ0n) is 15.2. The minimum absolute atomic E-state index is 0.0676. The first-order chi connectivity index (χ1) is 12.5. The molecule has 4 nitrogen and oxygen atoms in total. The highest BCUT2D eigenvalue weighted by molar-refractivity contribution is 6.30. The quantitative estimate of drug-likeness (QED) is 0.771. The van der Waals surface area contributed by atoms with Crippen molar-refractivity contribution in [2.24, 2.45) is 0 Å². The lowest BCUT2D eigenvalue weighted by molar-refractivity contribution is -0.139. The fourth-order valence-corrected chi connectivity index (χ4v) is 2.90. The van der Waals surface area contributed by atoms with Crippen molar-refractivity contribution in [2.75, 3.05) is 13.1 Å². The first-order valence-electron chi connectivity index (χ1n) is 8.86. The lowest BCUT2D eigenvalue weighted by Crippen LogP contribution is -2.49. The highest BCUT2D eigenvalue weighted by atomic mass is 35.5. The van der Waals surface area contributed by atoms with Crippen molar-refractivity contribution in [1.29, 1.82) is 0 Å². The van der Waals surface area contributed by atoms with Gasteiger partial charge in [0.2, 0.25) is 11.8 Å². The summed E-state index contributed by atoms with van der Waals surface area (Å²) in [5.41, 5.74) is 2.02. The number of benzene rings is 2. The zero-order chi connectivity index (χ0) is 18.9. The Bertz CT molecular complexity index is 717. The molecule has 5 heteroatoms. The van der Waals surface area contributed by atoms with E-state index >= 15 is 0 Å². The number of carbonyl (C=O) groups is 2. The smallest absolute Gasteiger partial charge is 0.242 e. The Morgan fingerprint density at radius 1 is 1.04 bits per heavy atom. The van der Waals surface area contributed by atoms with Crippen LogP contribution < -0.4 is 5.32 Å². The van der Waals surface area contributed by atoms with Gasteiger partial charge in [-0.15, -0.1) is 0 Å². The minimum Gasteiger partial charge on any atom is -0.355 e. The zero-order valence-corrected chi connectivity index (χ0v) is 16.0. The molecule has 0 aliphatic heterocycles. The summed E-state index contributed by atoms with van der Waals surface area (Å²) in [7, 11) is 0. The molecule has 0 heterocycles. The van der Waals surface area contributed by atoms with E-state index in [1.165, 1.54) is 0 Å². The molecule has 1 N–H and O–H groups in total. The van der Waals surface area contributed by atoms with E-state index in [2.05, 4.69) is 5.32 Å². The molecular formula is C21H25ClN2O2. The lowest BCUT2D eigenvalue weighted by atomic mass is 10.1. The number of nitrogens with zero attached hydrogens (tertiary/aromatic N) is 1. The van der Waals surface area contributed by atoms with Crippen LogP contribution >= 0.6 is 11.6 Å². The van der Waals surface area contributed by atoms with Gasteiger partial charge < -0.3 is 10.2 Å². The first kappa shape index (κ1) is 20.0. The minimum atomic E-state index is -0.515. The summed E-state index contributed by atoms with van der Waals surface area (Å²) in [4.78, 5) is 26.8. The normalized spacial score (nSPS) is 11.7. The van der Waals surface area contributed by atoms with Gasteiger partial charge in [-0.3, -0.25) is 9.59 Å². The van der Waals surface area contributed by atoms with Crippen molar-refractivity contribution in [1.82, 2.24) is 10.2 Å². The maximum Gasteiger partial charge on any atom is 0.242 e. The van der Waals surface area contributed by atoms with E-state index in [1.807, 2.05) is 49.4 Å². The Kier molecular flexibility index (Phi) is 7.67. The SMILES string of the molecule is CCNC(=O)C(C)N(CCc1ccccc1)C(=O)Cc1ccc(Cl)cc1. The molecule has 138 valence electrons. The maximum atomic E-state index is 12.9. The molecule has 0 fully saturated rings. The molecule has 0 aromatic heterocycles. The molecule has 2 rings (SSSR count). The lowest BCUT2D eigenvalue weighted by Gasteiger charge is -2.28. The Balaban J connectivity index is 2.11. The number of rotatable bonds is 8. The van der Waals surface area contributed by atoms with Gasteiger partial charge in [0, 0.05) is 18.1 Å². The van der Waals surface area contributed by atoms with Crippen molar-refractivity contribution in [2.45, 2.75) is 32.7 Å². The van der Waals surface area contributed by atoms with Gasteiger partial charge in [-0.05, 0) is 43.5 Å². The number of nitrogens with one attached hydrogen (secondary N) is 1. The van der Waals surface area contributed by atoms with E-state index in [9.17, 15) is 9.59 Å². The molecule has 0 saturated heterocycles. The Morgan fingerprint density at radius 3 is 2.31 bits per heavy atom. The maximum absolute atomic E-state index is 12.9. The molecule has 0 radical (unpaired) electrons. The average molecular weight is 373 g/mol. The van der Waals surface area contributed by atoms with Crippen LogP contribution in [0, 0.1) is 0 Å². The molecule has 1 atom stereocenters. The van der Waals surface area contributed by atoms with E-state index in [0.717, 1.165) is 11.1 Å². The van der Waals surface area contributed by atoms with Crippen LogP contribution in [0.1, 0.15) is 25.0 Å². The number of carbonyl (C=O) groups excluding carboxylic acids is 2. The first-order valence-corrected chi connectivity index (χ1v) is 9.24. The molecule has 26 heavy (non-hydrogen) atoms. The second kappa shape index (κ2) is 9.97. The van der Waals surface area contributed by atoms with Gasteiger partial charge >= 0.3 is 0 Å². The van der Waals surface area contributed by atoms with Crippen molar-refractivity contribution in [3.63, 3.8) is 0 Å². The van der Waals surface area contributed by atoms with Gasteiger partial charge in [0.1, 0.15) is 6.04 Å². The molecule has 0 aliphatic carbocycles. The molecule has 0 saturated carbocycles. The summed E-state index contributed by atoms with van der Waals surface area (Å²) >= 11 is 5.91. The largest absolute Gasteiger partial charge is 0.355 e.